The van der Waals surface area contributed by atoms with Crippen molar-refractivity contribution in [2.75, 3.05) is 13.1 Å². The molecule has 0 aromatic rings. The van der Waals surface area contributed by atoms with Crippen LogP contribution in [0.5, 0.6) is 0 Å². The van der Waals surface area contributed by atoms with Crippen LogP contribution in [-0.2, 0) is 4.74 Å². The van der Waals surface area contributed by atoms with Crippen molar-refractivity contribution in [1.82, 2.24) is 5.32 Å². The second-order valence-corrected chi connectivity index (χ2v) is 13.6. The molecule has 4 heteroatoms. The number of carbonyl (C=O) groups excluding carboxylic acids is 1. The van der Waals surface area contributed by atoms with Gasteiger partial charge in [-0.25, -0.2) is 4.79 Å². The van der Waals surface area contributed by atoms with E-state index in [9.17, 15) is 4.79 Å². The van der Waals surface area contributed by atoms with Crippen LogP contribution in [-0.4, -0.2) is 25.3 Å². The number of alkyl carbamates (subject to hydrolysis) is 1. The van der Waals surface area contributed by atoms with Gasteiger partial charge in [0.15, 0.2) is 0 Å². The van der Waals surface area contributed by atoms with Gasteiger partial charge in [0.25, 0.3) is 0 Å². The molecule has 4 rings (SSSR count). The van der Waals surface area contributed by atoms with Gasteiger partial charge in [-0.05, 0) is 104 Å². The molecular weight excluding hydrogens is 432 g/mol. The Labute approximate surface area is 215 Å². The van der Waals surface area contributed by atoms with E-state index >= 15 is 0 Å². The third-order valence-corrected chi connectivity index (χ3v) is 11.2. The van der Waals surface area contributed by atoms with E-state index in [-0.39, 0.29) is 17.6 Å². The molecule has 4 aliphatic rings. The lowest BCUT2D eigenvalue weighted by molar-refractivity contribution is -0.0470. The number of carbonyl (C=O) groups is 1. The number of nitrogens with two attached hydrogens (primary N) is 1. The Kier molecular flexibility index (Phi) is 8.61. The van der Waals surface area contributed by atoms with Crippen LogP contribution in [0, 0.1) is 46.3 Å². The summed E-state index contributed by atoms with van der Waals surface area (Å²) in [7, 11) is 0. The number of fused-ring (bicyclic) bond motifs is 5. The summed E-state index contributed by atoms with van der Waals surface area (Å²) >= 11 is 0. The zero-order valence-electron chi connectivity index (χ0n) is 23.4. The van der Waals surface area contributed by atoms with Gasteiger partial charge in [0.2, 0.25) is 0 Å². The second kappa shape index (κ2) is 11.2. The van der Waals surface area contributed by atoms with Crippen molar-refractivity contribution in [2.45, 2.75) is 118 Å². The fourth-order valence-electron chi connectivity index (χ4n) is 9.32. The SMILES string of the molecule is CC(C)CCC[C@@H](C)[C@H]1CC[C@H]2[C@@H]3CC=C4CC[C@@H](OC(=O)NCCN)CC[C@]4(C)[C@H]3CC[C@]12C. The van der Waals surface area contributed by atoms with Crippen LogP contribution in [0.3, 0.4) is 0 Å². The smallest absolute Gasteiger partial charge is 0.407 e. The van der Waals surface area contributed by atoms with E-state index in [2.05, 4.69) is 46.0 Å². The summed E-state index contributed by atoms with van der Waals surface area (Å²) in [5.74, 6) is 5.16. The van der Waals surface area contributed by atoms with Gasteiger partial charge in [0, 0.05) is 13.1 Å². The van der Waals surface area contributed by atoms with E-state index in [1.165, 1.54) is 51.4 Å². The zero-order valence-corrected chi connectivity index (χ0v) is 23.4. The Morgan fingerprint density at radius 2 is 1.89 bits per heavy atom. The van der Waals surface area contributed by atoms with E-state index < -0.39 is 0 Å². The molecule has 0 saturated heterocycles. The van der Waals surface area contributed by atoms with Crippen LogP contribution in [0.15, 0.2) is 11.6 Å². The third-order valence-electron chi connectivity index (χ3n) is 11.2. The Bertz CT molecular complexity index is 763. The van der Waals surface area contributed by atoms with Crippen LogP contribution in [0.1, 0.15) is 112 Å². The van der Waals surface area contributed by atoms with Crippen molar-refractivity contribution in [3.63, 3.8) is 0 Å². The van der Waals surface area contributed by atoms with Gasteiger partial charge < -0.3 is 15.8 Å². The lowest BCUT2D eigenvalue weighted by Gasteiger charge is -2.57. The molecular formula is C31H54N2O2. The lowest BCUT2D eigenvalue weighted by atomic mass is 9.48. The highest BCUT2D eigenvalue weighted by Gasteiger charge is 2.58. The zero-order chi connectivity index (χ0) is 25.2. The summed E-state index contributed by atoms with van der Waals surface area (Å²) in [5.41, 5.74) is 8.02. The standard InChI is InChI=1S/C31H54N2O2/c1-21(2)7-6-8-22(3)26-13-14-27-25-12-10-23-9-11-24(35-29(34)33-20-19-32)15-17-30(23,4)28(25)16-18-31(26,27)5/h10,21-22,24-28H,6-9,11-20,32H2,1-5H3,(H,33,34)/t22-,24-,25+,26-,27+,28+,30+,31-/m1/s1. The monoisotopic (exact) mass is 486 g/mol. The Morgan fingerprint density at radius 3 is 2.63 bits per heavy atom. The lowest BCUT2D eigenvalue weighted by Crippen LogP contribution is -2.49. The molecule has 3 saturated carbocycles. The van der Waals surface area contributed by atoms with Crippen molar-refractivity contribution < 1.29 is 9.53 Å². The number of hydrogen-bond donors (Lipinski definition) is 2. The van der Waals surface area contributed by atoms with Crippen LogP contribution in [0.25, 0.3) is 0 Å². The van der Waals surface area contributed by atoms with Crippen molar-refractivity contribution in [1.29, 1.82) is 0 Å². The number of rotatable bonds is 8. The minimum atomic E-state index is -0.296. The molecule has 4 aliphatic carbocycles. The fraction of sp³-hybridized carbons (Fsp3) is 0.903. The van der Waals surface area contributed by atoms with E-state index in [4.69, 9.17) is 10.5 Å². The molecule has 0 bridgehead atoms. The largest absolute Gasteiger partial charge is 0.446 e. The first kappa shape index (κ1) is 27.0. The highest BCUT2D eigenvalue weighted by molar-refractivity contribution is 5.67. The molecule has 0 aromatic carbocycles. The number of allylic oxidation sites excluding steroid dienone is 2. The molecule has 0 spiro atoms. The van der Waals surface area contributed by atoms with Crippen LogP contribution in [0.2, 0.25) is 0 Å². The minimum absolute atomic E-state index is 0.0333. The highest BCUT2D eigenvalue weighted by atomic mass is 16.6. The minimum Gasteiger partial charge on any atom is -0.446 e. The van der Waals surface area contributed by atoms with E-state index in [0.717, 1.165) is 61.2 Å². The molecule has 8 atom stereocenters. The molecule has 4 nitrogen and oxygen atoms in total. The molecule has 0 unspecified atom stereocenters. The third kappa shape index (κ3) is 5.48. The molecule has 200 valence electrons. The second-order valence-electron chi connectivity index (χ2n) is 13.6. The molecule has 1 amide bonds. The van der Waals surface area contributed by atoms with Crippen molar-refractivity contribution in [2.24, 2.45) is 52.1 Å². The van der Waals surface area contributed by atoms with Gasteiger partial charge in [0.05, 0.1) is 0 Å². The van der Waals surface area contributed by atoms with Crippen LogP contribution in [0.4, 0.5) is 4.79 Å². The van der Waals surface area contributed by atoms with E-state index in [1.54, 1.807) is 5.57 Å². The predicted octanol–water partition coefficient (Wildman–Crippen LogP) is 7.47. The number of amides is 1. The molecule has 35 heavy (non-hydrogen) atoms. The summed E-state index contributed by atoms with van der Waals surface area (Å²) in [6.07, 6.45) is 17.8. The number of ether oxygens (including phenoxy) is 1. The maximum atomic E-state index is 12.1. The molecule has 0 heterocycles. The molecule has 3 N–H and O–H groups in total. The number of nitrogens with one attached hydrogen (secondary N) is 1. The van der Waals surface area contributed by atoms with Gasteiger partial charge in [-0.3, -0.25) is 0 Å². The van der Waals surface area contributed by atoms with Crippen molar-refractivity contribution in [3.05, 3.63) is 11.6 Å². The molecule has 3 fully saturated rings. The first-order valence-corrected chi connectivity index (χ1v) is 15.0. The average Bonchev–Trinajstić information content (AvgIpc) is 3.08. The summed E-state index contributed by atoms with van der Waals surface area (Å²) in [6.45, 7) is 13.5. The maximum Gasteiger partial charge on any atom is 0.407 e. The summed E-state index contributed by atoms with van der Waals surface area (Å²) in [4.78, 5) is 12.1. The van der Waals surface area contributed by atoms with Crippen LogP contribution < -0.4 is 11.1 Å². The average molecular weight is 487 g/mol. The molecule has 0 aliphatic heterocycles. The van der Waals surface area contributed by atoms with Gasteiger partial charge in [-0.15, -0.1) is 0 Å². The highest BCUT2D eigenvalue weighted by Crippen LogP contribution is 2.67. The maximum absolute atomic E-state index is 12.1. The van der Waals surface area contributed by atoms with Gasteiger partial charge in [-0.2, -0.15) is 0 Å². The first-order valence-electron chi connectivity index (χ1n) is 15.0. The normalized spacial score (nSPS) is 39.6. The Morgan fingerprint density at radius 1 is 1.09 bits per heavy atom. The Hall–Kier alpha value is -1.03. The molecule has 0 aromatic heterocycles. The summed E-state index contributed by atoms with van der Waals surface area (Å²) in [6, 6.07) is 0. The predicted molar refractivity (Wildman–Crippen MR) is 145 cm³/mol. The van der Waals surface area contributed by atoms with Gasteiger partial charge >= 0.3 is 6.09 Å². The van der Waals surface area contributed by atoms with Crippen molar-refractivity contribution >= 4 is 6.09 Å². The Balaban J connectivity index is 1.42. The van der Waals surface area contributed by atoms with Gasteiger partial charge in [0.1, 0.15) is 6.10 Å². The van der Waals surface area contributed by atoms with E-state index in [1.807, 2.05) is 0 Å². The van der Waals surface area contributed by atoms with E-state index in [0.29, 0.717) is 18.5 Å². The summed E-state index contributed by atoms with van der Waals surface area (Å²) < 4.78 is 5.80. The number of hydrogen-bond acceptors (Lipinski definition) is 3. The fourth-order valence-corrected chi connectivity index (χ4v) is 9.32. The topological polar surface area (TPSA) is 64.3 Å². The van der Waals surface area contributed by atoms with Gasteiger partial charge in [-0.1, -0.05) is 65.5 Å². The molecule has 0 radical (unpaired) electrons. The van der Waals surface area contributed by atoms with Crippen molar-refractivity contribution in [3.8, 4) is 0 Å². The summed E-state index contributed by atoms with van der Waals surface area (Å²) in [5, 5.41) is 2.78. The quantitative estimate of drug-likeness (QED) is 0.350. The first-order chi connectivity index (χ1) is 16.7. The van der Waals surface area contributed by atoms with Crippen LogP contribution >= 0.6 is 0 Å².